The lowest BCUT2D eigenvalue weighted by molar-refractivity contribution is 0.578. The molecule has 0 aromatic heterocycles. The SMILES string of the molecule is S=C(NC1CCCN1)SCc1ccccc1. The van der Waals surface area contributed by atoms with Crippen LogP contribution in [-0.2, 0) is 5.75 Å². The van der Waals surface area contributed by atoms with Gasteiger partial charge in [-0.25, -0.2) is 0 Å². The zero-order chi connectivity index (χ0) is 11.2. The van der Waals surface area contributed by atoms with Gasteiger partial charge in [0.25, 0.3) is 0 Å². The van der Waals surface area contributed by atoms with Gasteiger partial charge in [-0.1, -0.05) is 54.3 Å². The van der Waals surface area contributed by atoms with E-state index in [-0.39, 0.29) is 0 Å². The van der Waals surface area contributed by atoms with E-state index in [1.165, 1.54) is 18.4 Å². The zero-order valence-corrected chi connectivity index (χ0v) is 10.7. The smallest absolute Gasteiger partial charge is 0.135 e. The molecule has 1 unspecified atom stereocenters. The molecule has 0 aliphatic carbocycles. The summed E-state index contributed by atoms with van der Waals surface area (Å²) < 4.78 is 0.892. The van der Waals surface area contributed by atoms with Gasteiger partial charge in [-0.3, -0.25) is 5.32 Å². The second kappa shape index (κ2) is 6.23. The molecule has 86 valence electrons. The molecular formula is C12H16N2S2. The fourth-order valence-corrected chi connectivity index (χ4v) is 2.75. The van der Waals surface area contributed by atoms with Crippen LogP contribution in [0.4, 0.5) is 0 Å². The van der Waals surface area contributed by atoms with Crippen molar-refractivity contribution in [3.63, 3.8) is 0 Å². The summed E-state index contributed by atoms with van der Waals surface area (Å²) >= 11 is 7.00. The van der Waals surface area contributed by atoms with Crippen molar-refractivity contribution in [2.24, 2.45) is 0 Å². The van der Waals surface area contributed by atoms with E-state index < -0.39 is 0 Å². The van der Waals surface area contributed by atoms with E-state index in [1.807, 2.05) is 6.07 Å². The Morgan fingerprint density at radius 3 is 2.94 bits per heavy atom. The Kier molecular flexibility index (Phi) is 4.63. The van der Waals surface area contributed by atoms with Crippen LogP contribution in [-0.4, -0.2) is 17.0 Å². The Balaban J connectivity index is 1.71. The van der Waals surface area contributed by atoms with Crippen molar-refractivity contribution in [1.82, 2.24) is 10.6 Å². The summed E-state index contributed by atoms with van der Waals surface area (Å²) in [6.07, 6.45) is 2.80. The Bertz CT molecular complexity index is 334. The fraction of sp³-hybridized carbons (Fsp3) is 0.417. The van der Waals surface area contributed by atoms with Crippen molar-refractivity contribution in [1.29, 1.82) is 0 Å². The number of rotatable bonds is 3. The Hall–Kier alpha value is -0.580. The molecule has 1 aromatic rings. The van der Waals surface area contributed by atoms with Crippen LogP contribution in [0.3, 0.4) is 0 Å². The number of thiocarbonyl (C=S) groups is 1. The van der Waals surface area contributed by atoms with Crippen LogP contribution in [0.15, 0.2) is 30.3 Å². The first-order valence-corrected chi connectivity index (χ1v) is 6.94. The Morgan fingerprint density at radius 2 is 2.25 bits per heavy atom. The zero-order valence-electron chi connectivity index (χ0n) is 9.11. The van der Waals surface area contributed by atoms with Crippen LogP contribution in [0.25, 0.3) is 0 Å². The van der Waals surface area contributed by atoms with E-state index in [0.717, 1.165) is 16.6 Å². The van der Waals surface area contributed by atoms with Crippen LogP contribution in [0.1, 0.15) is 18.4 Å². The van der Waals surface area contributed by atoms with E-state index in [4.69, 9.17) is 12.2 Å². The molecule has 1 heterocycles. The number of hydrogen-bond donors (Lipinski definition) is 2. The quantitative estimate of drug-likeness (QED) is 0.807. The predicted octanol–water partition coefficient (Wildman–Crippen LogP) is 2.50. The Labute approximate surface area is 106 Å². The summed E-state index contributed by atoms with van der Waals surface area (Å²) in [7, 11) is 0. The third-order valence-electron chi connectivity index (χ3n) is 2.57. The average Bonchev–Trinajstić information content (AvgIpc) is 2.81. The Morgan fingerprint density at radius 1 is 1.44 bits per heavy atom. The third-order valence-corrected chi connectivity index (χ3v) is 3.89. The number of hydrogen-bond acceptors (Lipinski definition) is 3. The molecule has 1 aliphatic rings. The normalized spacial score (nSPS) is 19.6. The summed E-state index contributed by atoms with van der Waals surface area (Å²) in [6, 6.07) is 10.4. The number of nitrogens with one attached hydrogen (secondary N) is 2. The monoisotopic (exact) mass is 252 g/mol. The van der Waals surface area contributed by atoms with Crippen molar-refractivity contribution in [3.8, 4) is 0 Å². The molecule has 2 nitrogen and oxygen atoms in total. The van der Waals surface area contributed by atoms with Gasteiger partial charge < -0.3 is 5.32 Å². The second-order valence-corrected chi connectivity index (χ2v) is 5.51. The standard InChI is InChI=1S/C12H16N2S2/c15-12(14-11-7-4-8-13-11)16-9-10-5-2-1-3-6-10/h1-3,5-6,11,13H,4,7-9H2,(H,14,15). The lowest BCUT2D eigenvalue weighted by Crippen LogP contribution is -2.39. The summed E-state index contributed by atoms with van der Waals surface area (Å²) in [5, 5.41) is 6.71. The van der Waals surface area contributed by atoms with Crippen LogP contribution in [0, 0.1) is 0 Å². The summed E-state index contributed by atoms with van der Waals surface area (Å²) in [4.78, 5) is 0. The first-order valence-electron chi connectivity index (χ1n) is 5.55. The predicted molar refractivity (Wildman–Crippen MR) is 74.5 cm³/mol. The molecule has 0 amide bonds. The van der Waals surface area contributed by atoms with E-state index in [9.17, 15) is 0 Å². The first-order chi connectivity index (χ1) is 7.84. The lowest BCUT2D eigenvalue weighted by atomic mass is 10.2. The van der Waals surface area contributed by atoms with Crippen molar-refractivity contribution < 1.29 is 0 Å². The summed E-state index contributed by atoms with van der Waals surface area (Å²) in [6.45, 7) is 1.10. The maximum Gasteiger partial charge on any atom is 0.135 e. The minimum Gasteiger partial charge on any atom is -0.356 e. The van der Waals surface area contributed by atoms with Gasteiger partial charge in [0.1, 0.15) is 4.32 Å². The molecule has 1 aliphatic heterocycles. The van der Waals surface area contributed by atoms with Crippen LogP contribution in [0.2, 0.25) is 0 Å². The fourth-order valence-electron chi connectivity index (χ4n) is 1.71. The van der Waals surface area contributed by atoms with Gasteiger partial charge in [0, 0.05) is 5.75 Å². The van der Waals surface area contributed by atoms with E-state index in [2.05, 4.69) is 34.9 Å². The topological polar surface area (TPSA) is 24.1 Å². The minimum atomic E-state index is 0.385. The maximum absolute atomic E-state index is 5.30. The molecule has 2 N–H and O–H groups in total. The van der Waals surface area contributed by atoms with E-state index in [1.54, 1.807) is 11.8 Å². The molecule has 1 aromatic carbocycles. The van der Waals surface area contributed by atoms with E-state index in [0.29, 0.717) is 6.17 Å². The van der Waals surface area contributed by atoms with Gasteiger partial charge in [-0.2, -0.15) is 0 Å². The third kappa shape index (κ3) is 3.77. The number of thioether (sulfide) groups is 1. The van der Waals surface area contributed by atoms with Crippen molar-refractivity contribution in [2.45, 2.75) is 24.8 Å². The largest absolute Gasteiger partial charge is 0.356 e. The van der Waals surface area contributed by atoms with Gasteiger partial charge in [0.05, 0.1) is 6.17 Å². The second-order valence-electron chi connectivity index (χ2n) is 3.86. The summed E-state index contributed by atoms with van der Waals surface area (Å²) in [5.74, 6) is 0.944. The van der Waals surface area contributed by atoms with Gasteiger partial charge in [0.2, 0.25) is 0 Å². The molecule has 4 heteroatoms. The molecule has 0 spiro atoms. The highest BCUT2D eigenvalue weighted by Gasteiger charge is 2.14. The van der Waals surface area contributed by atoms with Crippen LogP contribution >= 0.6 is 24.0 Å². The van der Waals surface area contributed by atoms with Crippen molar-refractivity contribution in [3.05, 3.63) is 35.9 Å². The highest BCUT2D eigenvalue weighted by atomic mass is 32.2. The highest BCUT2D eigenvalue weighted by Crippen LogP contribution is 2.13. The van der Waals surface area contributed by atoms with Gasteiger partial charge in [-0.15, -0.1) is 0 Å². The molecule has 2 rings (SSSR count). The molecule has 16 heavy (non-hydrogen) atoms. The average molecular weight is 252 g/mol. The van der Waals surface area contributed by atoms with E-state index >= 15 is 0 Å². The molecule has 0 bridgehead atoms. The number of benzene rings is 1. The van der Waals surface area contributed by atoms with Crippen LogP contribution < -0.4 is 10.6 Å². The van der Waals surface area contributed by atoms with Crippen LogP contribution in [0.5, 0.6) is 0 Å². The molecule has 1 fully saturated rings. The van der Waals surface area contributed by atoms with Crippen molar-refractivity contribution in [2.75, 3.05) is 6.54 Å². The molecule has 1 saturated heterocycles. The lowest BCUT2D eigenvalue weighted by Gasteiger charge is -2.14. The van der Waals surface area contributed by atoms with Gasteiger partial charge in [0.15, 0.2) is 0 Å². The molecule has 1 atom stereocenters. The van der Waals surface area contributed by atoms with Gasteiger partial charge >= 0.3 is 0 Å². The molecule has 0 saturated carbocycles. The van der Waals surface area contributed by atoms with Crippen molar-refractivity contribution >= 4 is 28.3 Å². The summed E-state index contributed by atoms with van der Waals surface area (Å²) in [5.41, 5.74) is 1.32. The molecular weight excluding hydrogens is 236 g/mol. The van der Waals surface area contributed by atoms with Gasteiger partial charge in [-0.05, 0) is 24.9 Å². The molecule has 0 radical (unpaired) electrons. The highest BCUT2D eigenvalue weighted by molar-refractivity contribution is 8.22. The first kappa shape index (κ1) is 11.9. The maximum atomic E-state index is 5.30. The minimum absolute atomic E-state index is 0.385.